The molecule has 5 heterocycles. The monoisotopic (exact) mass is 692 g/mol. The summed E-state index contributed by atoms with van der Waals surface area (Å²) in [6.45, 7) is 20.0. The summed E-state index contributed by atoms with van der Waals surface area (Å²) in [5, 5.41) is 0. The Morgan fingerprint density at radius 2 is 1.62 bits per heavy atom. The van der Waals surface area contributed by atoms with Crippen LogP contribution in [0.4, 0.5) is 0 Å². The third-order valence-electron chi connectivity index (χ3n) is 18.5. The van der Waals surface area contributed by atoms with Crippen molar-refractivity contribution in [1.82, 2.24) is 4.90 Å². The minimum absolute atomic E-state index is 0.258. The Bertz CT molecular complexity index is 1370. The molecular weight excluding hydrogens is 622 g/mol. The number of fused-ring (bicyclic) bond motifs is 10. The second kappa shape index (κ2) is 11.8. The number of hydrogen-bond donors (Lipinski definition) is 0. The molecule has 0 amide bonds. The molecule has 0 radical (unpaired) electrons. The van der Waals surface area contributed by atoms with E-state index in [2.05, 4.69) is 59.4 Å². The van der Waals surface area contributed by atoms with Crippen molar-refractivity contribution < 1.29 is 23.7 Å². The van der Waals surface area contributed by atoms with Gasteiger partial charge in [-0.15, -0.1) is 0 Å². The third-order valence-corrected chi connectivity index (χ3v) is 18.5. The van der Waals surface area contributed by atoms with Gasteiger partial charge in [-0.3, -0.25) is 4.90 Å². The van der Waals surface area contributed by atoms with Gasteiger partial charge in [-0.1, -0.05) is 53.2 Å². The van der Waals surface area contributed by atoms with Gasteiger partial charge in [-0.05, 0) is 142 Å². The molecule has 4 saturated carbocycles. The summed E-state index contributed by atoms with van der Waals surface area (Å²) in [6, 6.07) is 1.71. The fourth-order valence-electron chi connectivity index (χ4n) is 16.2. The average Bonchev–Trinajstić information content (AvgIpc) is 3.64. The van der Waals surface area contributed by atoms with Gasteiger partial charge in [0.05, 0.1) is 19.3 Å². The first kappa shape index (κ1) is 34.0. The molecule has 19 atom stereocenters. The molecule has 50 heavy (non-hydrogen) atoms. The summed E-state index contributed by atoms with van der Waals surface area (Å²) in [5.41, 5.74) is 2.33. The Morgan fingerprint density at radius 1 is 0.800 bits per heavy atom. The Labute approximate surface area is 303 Å². The topological polar surface area (TPSA) is 49.4 Å². The number of allylic oxidation sites excluding steroid dienone is 1. The molecule has 1 spiro atoms. The lowest BCUT2D eigenvalue weighted by Crippen LogP contribution is -2.66. The van der Waals surface area contributed by atoms with E-state index in [0.717, 1.165) is 60.4 Å². The average molecular weight is 692 g/mol. The van der Waals surface area contributed by atoms with Crippen molar-refractivity contribution in [3.05, 3.63) is 11.6 Å². The molecular formula is C44H69NO5. The molecule has 0 aromatic carbocycles. The molecule has 2 bridgehead atoms. The standard InChI is InChI=1S/C44H69NO5/c1-25-8-13-36-28(4)38-37(45(36)24-25)23-35-31-11-10-29-22-30(14-17-41(29,5)34(31)15-18-42(35,38)6)46-20-21-47-39-27(3)33-12-9-26(2)32-16-19-43(7)49-40(48-39)44(32,33)50-43/h10,25-28,30-40H,8-9,11-24H2,1-7H3/t25-,26+,27+,28+,30+,31?,32?,33?,34?,35?,36?,37-,38-,39?,40?,41-,42-,43+,44+/m0/s1. The molecule has 0 aromatic heterocycles. The second-order valence-corrected chi connectivity index (χ2v) is 20.8. The highest BCUT2D eigenvalue weighted by molar-refractivity contribution is 5.27. The maximum absolute atomic E-state index is 6.86. The first-order valence-electron chi connectivity index (χ1n) is 21.7. The van der Waals surface area contributed by atoms with E-state index in [1.165, 1.54) is 77.2 Å². The largest absolute Gasteiger partial charge is 0.375 e. The molecule has 8 unspecified atom stereocenters. The lowest BCUT2D eigenvalue weighted by Gasteiger charge is -2.58. The van der Waals surface area contributed by atoms with E-state index < -0.39 is 5.79 Å². The van der Waals surface area contributed by atoms with Crippen LogP contribution < -0.4 is 0 Å². The number of rotatable bonds is 5. The maximum atomic E-state index is 6.86. The maximum Gasteiger partial charge on any atom is 0.193 e. The Kier molecular flexibility index (Phi) is 8.00. The van der Waals surface area contributed by atoms with Crippen molar-refractivity contribution >= 4 is 0 Å². The van der Waals surface area contributed by atoms with Gasteiger partial charge in [0.25, 0.3) is 0 Å². The number of hydrogen-bond acceptors (Lipinski definition) is 6. The van der Waals surface area contributed by atoms with Crippen molar-refractivity contribution in [2.45, 2.75) is 174 Å². The molecule has 5 aliphatic heterocycles. The normalized spacial score (nSPS) is 59.4. The molecule has 10 aliphatic rings. The highest BCUT2D eigenvalue weighted by Gasteiger charge is 2.72. The molecule has 6 nitrogen and oxygen atoms in total. The van der Waals surface area contributed by atoms with E-state index in [-0.39, 0.29) is 24.1 Å². The zero-order chi connectivity index (χ0) is 34.4. The van der Waals surface area contributed by atoms with Crippen molar-refractivity contribution in [2.75, 3.05) is 19.8 Å². The van der Waals surface area contributed by atoms with E-state index in [1.807, 2.05) is 0 Å². The predicted molar refractivity (Wildman–Crippen MR) is 194 cm³/mol. The third kappa shape index (κ3) is 4.66. The molecule has 0 N–H and O–H groups in total. The van der Waals surface area contributed by atoms with Crippen LogP contribution in [0.15, 0.2) is 11.6 Å². The van der Waals surface area contributed by atoms with Crippen molar-refractivity contribution in [2.24, 2.45) is 70.0 Å². The van der Waals surface area contributed by atoms with Gasteiger partial charge < -0.3 is 23.7 Å². The van der Waals surface area contributed by atoms with E-state index in [9.17, 15) is 0 Å². The smallest absolute Gasteiger partial charge is 0.193 e. The highest BCUT2D eigenvalue weighted by atomic mass is 16.9. The van der Waals surface area contributed by atoms with Crippen LogP contribution in [-0.2, 0) is 23.7 Å². The van der Waals surface area contributed by atoms with Gasteiger partial charge in [0.2, 0.25) is 0 Å². The van der Waals surface area contributed by atoms with Crippen LogP contribution >= 0.6 is 0 Å². The minimum atomic E-state index is -0.515. The van der Waals surface area contributed by atoms with Gasteiger partial charge in [-0.2, -0.15) is 0 Å². The fraction of sp³-hybridized carbons (Fsp3) is 0.955. The van der Waals surface area contributed by atoms with Gasteiger partial charge in [0.1, 0.15) is 5.60 Å². The summed E-state index contributed by atoms with van der Waals surface area (Å²) in [5.74, 6) is 6.67. The quantitative estimate of drug-likeness (QED) is 0.212. The zero-order valence-corrected chi connectivity index (χ0v) is 32.5. The molecule has 10 rings (SSSR count). The fourth-order valence-corrected chi connectivity index (χ4v) is 16.2. The highest BCUT2D eigenvalue weighted by Crippen LogP contribution is 2.70. The summed E-state index contributed by atoms with van der Waals surface area (Å²) < 4.78 is 33.2. The van der Waals surface area contributed by atoms with E-state index in [1.54, 1.807) is 5.57 Å². The molecule has 5 aliphatic carbocycles. The lowest BCUT2D eigenvalue weighted by molar-refractivity contribution is -0.338. The van der Waals surface area contributed by atoms with E-state index in [0.29, 0.717) is 47.9 Å². The van der Waals surface area contributed by atoms with Crippen molar-refractivity contribution in [1.29, 1.82) is 0 Å². The first-order chi connectivity index (χ1) is 23.9. The second-order valence-electron chi connectivity index (χ2n) is 20.8. The van der Waals surface area contributed by atoms with Gasteiger partial charge in [-0.25, -0.2) is 0 Å². The molecule has 9 fully saturated rings. The molecule has 0 aromatic rings. The van der Waals surface area contributed by atoms with Crippen LogP contribution in [0.5, 0.6) is 0 Å². The van der Waals surface area contributed by atoms with Crippen molar-refractivity contribution in [3.8, 4) is 0 Å². The zero-order valence-electron chi connectivity index (χ0n) is 32.5. The van der Waals surface area contributed by atoms with Crippen LogP contribution in [0.25, 0.3) is 0 Å². The van der Waals surface area contributed by atoms with Crippen LogP contribution in [0.1, 0.15) is 132 Å². The summed E-state index contributed by atoms with van der Waals surface area (Å²) >= 11 is 0. The minimum Gasteiger partial charge on any atom is -0.375 e. The number of ether oxygens (including phenoxy) is 5. The molecule has 280 valence electrons. The van der Waals surface area contributed by atoms with Gasteiger partial charge in [0.15, 0.2) is 18.4 Å². The summed E-state index contributed by atoms with van der Waals surface area (Å²) in [7, 11) is 0. The molecule has 5 saturated heterocycles. The summed E-state index contributed by atoms with van der Waals surface area (Å²) in [4.78, 5) is 3.05. The van der Waals surface area contributed by atoms with Gasteiger partial charge >= 0.3 is 0 Å². The van der Waals surface area contributed by atoms with E-state index >= 15 is 0 Å². The number of nitrogens with zero attached hydrogens (tertiary/aromatic N) is 1. The molecule has 6 heteroatoms. The predicted octanol–water partition coefficient (Wildman–Crippen LogP) is 8.97. The Hall–Kier alpha value is -0.500. The first-order valence-corrected chi connectivity index (χ1v) is 21.7. The van der Waals surface area contributed by atoms with Crippen molar-refractivity contribution in [3.63, 3.8) is 0 Å². The lowest BCUT2D eigenvalue weighted by atomic mass is 9.47. The van der Waals surface area contributed by atoms with Crippen LogP contribution in [0.2, 0.25) is 0 Å². The number of piperidine rings is 1. The Morgan fingerprint density at radius 3 is 2.48 bits per heavy atom. The summed E-state index contributed by atoms with van der Waals surface area (Å²) in [6.07, 6.45) is 19.2. The van der Waals surface area contributed by atoms with Crippen LogP contribution in [0.3, 0.4) is 0 Å². The van der Waals surface area contributed by atoms with Gasteiger partial charge in [0, 0.05) is 36.9 Å². The van der Waals surface area contributed by atoms with E-state index in [4.69, 9.17) is 23.7 Å². The Balaban J connectivity index is 0.764. The SMILES string of the molecule is C[C@H]1CCC2[C@@H](C)[C@H]3[C@H](CC4C5CC=C6C[C@H](OCCOC7OC8O[C@@]9(C)CCC%10[C@H](C)CCC([C@H]7C)[C@@]8%10O9)CC[C@]6(C)C5CC[C@@]43C)N2C1. The van der Waals surface area contributed by atoms with Crippen LogP contribution in [-0.4, -0.2) is 66.8 Å². The van der Waals surface area contributed by atoms with Crippen LogP contribution in [0, 0.1) is 70.0 Å².